The fourth-order valence-corrected chi connectivity index (χ4v) is 5.70. The van der Waals surface area contributed by atoms with Gasteiger partial charge in [-0.3, -0.25) is 9.10 Å². The summed E-state index contributed by atoms with van der Waals surface area (Å²) in [6.07, 6.45) is 1.95. The van der Waals surface area contributed by atoms with Crippen LogP contribution >= 0.6 is 23.1 Å². The van der Waals surface area contributed by atoms with Crippen LogP contribution in [0.15, 0.2) is 63.7 Å². The van der Waals surface area contributed by atoms with Crippen LogP contribution in [0.3, 0.4) is 0 Å². The van der Waals surface area contributed by atoms with E-state index in [4.69, 9.17) is 0 Å². The van der Waals surface area contributed by atoms with Crippen molar-refractivity contribution in [3.8, 4) is 0 Å². The zero-order valence-electron chi connectivity index (χ0n) is 16.6. The highest BCUT2D eigenvalue weighted by molar-refractivity contribution is 7.98. The molecular formula is C21H22N2O3S3. The largest absolute Gasteiger partial charge is 0.321 e. The number of nitrogens with one attached hydrogen (secondary N) is 1. The first-order valence-corrected chi connectivity index (χ1v) is 12.4. The average molecular weight is 447 g/mol. The Morgan fingerprint density at radius 1 is 1.07 bits per heavy atom. The number of hydrogen-bond acceptors (Lipinski definition) is 5. The maximum Gasteiger partial charge on any atom is 0.267 e. The molecule has 0 unspecified atom stereocenters. The molecule has 0 aliphatic carbocycles. The molecule has 0 saturated carbocycles. The van der Waals surface area contributed by atoms with Crippen LogP contribution in [0, 0.1) is 13.8 Å². The molecule has 0 aliphatic heterocycles. The van der Waals surface area contributed by atoms with E-state index in [1.807, 2.05) is 50.4 Å². The van der Waals surface area contributed by atoms with Crippen molar-refractivity contribution < 1.29 is 13.2 Å². The molecule has 1 amide bonds. The summed E-state index contributed by atoms with van der Waals surface area (Å²) >= 11 is 2.68. The molecule has 0 spiro atoms. The zero-order valence-corrected chi connectivity index (χ0v) is 19.0. The van der Waals surface area contributed by atoms with E-state index in [1.54, 1.807) is 29.3 Å². The van der Waals surface area contributed by atoms with Gasteiger partial charge >= 0.3 is 0 Å². The lowest BCUT2D eigenvalue weighted by atomic mass is 10.1. The molecule has 1 heterocycles. The summed E-state index contributed by atoms with van der Waals surface area (Å²) in [4.78, 5) is 14.0. The predicted molar refractivity (Wildman–Crippen MR) is 122 cm³/mol. The number of sulfonamides is 1. The van der Waals surface area contributed by atoms with E-state index in [1.165, 1.54) is 17.4 Å². The Kier molecular flexibility index (Phi) is 6.36. The summed E-state index contributed by atoms with van der Waals surface area (Å²) in [6, 6.07) is 14.4. The molecule has 0 fully saturated rings. The van der Waals surface area contributed by atoms with Gasteiger partial charge in [0.05, 0.1) is 5.69 Å². The van der Waals surface area contributed by atoms with Crippen LogP contribution in [-0.4, -0.2) is 27.6 Å². The number of rotatable bonds is 6. The lowest BCUT2D eigenvalue weighted by Gasteiger charge is -2.20. The van der Waals surface area contributed by atoms with Crippen LogP contribution < -0.4 is 9.62 Å². The van der Waals surface area contributed by atoms with Gasteiger partial charge in [-0.05, 0) is 73.0 Å². The number of benzene rings is 2. The minimum Gasteiger partial charge on any atom is -0.321 e. The van der Waals surface area contributed by atoms with Crippen LogP contribution in [0.25, 0.3) is 0 Å². The third kappa shape index (κ3) is 4.49. The molecule has 29 heavy (non-hydrogen) atoms. The standard InChI is InChI=1S/C21H22N2O3S3/c1-14-8-9-17(12-15(14)2)23(3)29(25,26)19-10-11-28-20(19)21(24)22-16-6-5-7-18(13-16)27-4/h5-13H,1-4H3,(H,22,24). The Hall–Kier alpha value is -2.29. The molecule has 8 heteroatoms. The maximum absolute atomic E-state index is 13.2. The lowest BCUT2D eigenvalue weighted by molar-refractivity contribution is 0.102. The predicted octanol–water partition coefficient (Wildman–Crippen LogP) is 5.16. The van der Waals surface area contributed by atoms with Gasteiger partial charge in [-0.1, -0.05) is 12.1 Å². The number of carbonyl (C=O) groups is 1. The highest BCUT2D eigenvalue weighted by Gasteiger charge is 2.28. The molecule has 0 radical (unpaired) electrons. The Labute approximate surface area is 179 Å². The Bertz CT molecular complexity index is 1150. The topological polar surface area (TPSA) is 66.5 Å². The fraction of sp³-hybridized carbons (Fsp3) is 0.190. The summed E-state index contributed by atoms with van der Waals surface area (Å²) < 4.78 is 27.6. The summed E-state index contributed by atoms with van der Waals surface area (Å²) in [6.45, 7) is 3.91. The zero-order chi connectivity index (χ0) is 21.2. The average Bonchev–Trinajstić information content (AvgIpc) is 3.20. The van der Waals surface area contributed by atoms with E-state index in [-0.39, 0.29) is 9.77 Å². The molecule has 152 valence electrons. The van der Waals surface area contributed by atoms with Gasteiger partial charge in [-0.2, -0.15) is 0 Å². The third-order valence-corrected chi connectivity index (χ3v) is 8.25. The van der Waals surface area contributed by atoms with Gasteiger partial charge in [0.25, 0.3) is 15.9 Å². The molecular weight excluding hydrogens is 424 g/mol. The van der Waals surface area contributed by atoms with Crippen molar-refractivity contribution in [1.82, 2.24) is 0 Å². The van der Waals surface area contributed by atoms with Crippen LogP contribution in [0.5, 0.6) is 0 Å². The second-order valence-electron chi connectivity index (χ2n) is 6.54. The fourth-order valence-electron chi connectivity index (χ4n) is 2.76. The first-order chi connectivity index (χ1) is 13.7. The number of aryl methyl sites for hydroxylation is 2. The van der Waals surface area contributed by atoms with Crippen LogP contribution in [0.2, 0.25) is 0 Å². The highest BCUT2D eigenvalue weighted by atomic mass is 32.2. The quantitative estimate of drug-likeness (QED) is 0.531. The Balaban J connectivity index is 1.91. The number of thiophene rings is 1. The second kappa shape index (κ2) is 8.61. The number of amides is 1. The first kappa shape index (κ1) is 21.4. The molecule has 3 rings (SSSR count). The highest BCUT2D eigenvalue weighted by Crippen LogP contribution is 2.30. The smallest absolute Gasteiger partial charge is 0.267 e. The van der Waals surface area contributed by atoms with Gasteiger partial charge in [0.1, 0.15) is 9.77 Å². The van der Waals surface area contributed by atoms with Crippen molar-refractivity contribution in [1.29, 1.82) is 0 Å². The Morgan fingerprint density at radius 3 is 2.52 bits per heavy atom. The van der Waals surface area contributed by atoms with E-state index in [9.17, 15) is 13.2 Å². The summed E-state index contributed by atoms with van der Waals surface area (Å²) in [5.41, 5.74) is 3.27. The monoisotopic (exact) mass is 446 g/mol. The molecule has 0 saturated heterocycles. The molecule has 0 aliphatic rings. The molecule has 0 atom stereocenters. The molecule has 3 aromatic rings. The van der Waals surface area contributed by atoms with Crippen LogP contribution in [0.1, 0.15) is 20.8 Å². The van der Waals surface area contributed by atoms with Crippen molar-refractivity contribution in [2.75, 3.05) is 22.9 Å². The number of nitrogens with zero attached hydrogens (tertiary/aromatic N) is 1. The van der Waals surface area contributed by atoms with E-state index in [0.29, 0.717) is 11.4 Å². The number of anilines is 2. The molecule has 1 aromatic heterocycles. The van der Waals surface area contributed by atoms with Crippen molar-refractivity contribution >= 4 is 50.4 Å². The van der Waals surface area contributed by atoms with Crippen LogP contribution in [-0.2, 0) is 10.0 Å². The molecule has 2 aromatic carbocycles. The van der Waals surface area contributed by atoms with E-state index < -0.39 is 15.9 Å². The molecule has 5 nitrogen and oxygen atoms in total. The third-order valence-electron chi connectivity index (χ3n) is 4.66. The van der Waals surface area contributed by atoms with Gasteiger partial charge in [0.15, 0.2) is 0 Å². The summed E-state index contributed by atoms with van der Waals surface area (Å²) in [7, 11) is -2.38. The lowest BCUT2D eigenvalue weighted by Crippen LogP contribution is -2.28. The second-order valence-corrected chi connectivity index (χ2v) is 10.3. The van der Waals surface area contributed by atoms with Gasteiger partial charge in [-0.25, -0.2) is 8.42 Å². The minimum atomic E-state index is -3.88. The SMILES string of the molecule is CSc1cccc(NC(=O)c2sccc2S(=O)(=O)N(C)c2ccc(C)c(C)c2)c1. The normalized spacial score (nSPS) is 11.3. The van der Waals surface area contributed by atoms with Crippen molar-refractivity contribution in [3.05, 3.63) is 69.9 Å². The van der Waals surface area contributed by atoms with Crippen molar-refractivity contribution in [2.45, 2.75) is 23.6 Å². The summed E-state index contributed by atoms with van der Waals surface area (Å²) in [5.74, 6) is -0.440. The first-order valence-electron chi connectivity index (χ1n) is 8.83. The van der Waals surface area contributed by atoms with Crippen molar-refractivity contribution in [2.24, 2.45) is 0 Å². The Morgan fingerprint density at radius 2 is 1.83 bits per heavy atom. The molecule has 1 N–H and O–H groups in total. The van der Waals surface area contributed by atoms with Crippen LogP contribution in [0.4, 0.5) is 11.4 Å². The number of carbonyl (C=O) groups excluding carboxylic acids is 1. The van der Waals surface area contributed by atoms with Gasteiger partial charge in [-0.15, -0.1) is 23.1 Å². The van der Waals surface area contributed by atoms with Gasteiger partial charge in [0, 0.05) is 17.6 Å². The minimum absolute atomic E-state index is 0.00162. The van der Waals surface area contributed by atoms with Crippen molar-refractivity contribution in [3.63, 3.8) is 0 Å². The number of hydrogen-bond donors (Lipinski definition) is 1. The van der Waals surface area contributed by atoms with E-state index >= 15 is 0 Å². The maximum atomic E-state index is 13.2. The molecule has 0 bridgehead atoms. The van der Waals surface area contributed by atoms with Gasteiger partial charge < -0.3 is 5.32 Å². The summed E-state index contributed by atoms with van der Waals surface area (Å²) in [5, 5.41) is 4.42. The number of thioether (sulfide) groups is 1. The van der Waals surface area contributed by atoms with E-state index in [2.05, 4.69) is 5.32 Å². The van der Waals surface area contributed by atoms with Gasteiger partial charge in [0.2, 0.25) is 0 Å². The van der Waals surface area contributed by atoms with E-state index in [0.717, 1.165) is 27.4 Å².